The van der Waals surface area contributed by atoms with Crippen LogP contribution in [0.2, 0.25) is 0 Å². The molecule has 2 rings (SSSR count). The Morgan fingerprint density at radius 1 is 1.44 bits per heavy atom. The van der Waals surface area contributed by atoms with E-state index in [1.165, 1.54) is 6.07 Å². The van der Waals surface area contributed by atoms with Crippen molar-refractivity contribution in [2.24, 2.45) is 0 Å². The van der Waals surface area contributed by atoms with Gasteiger partial charge in [-0.2, -0.15) is 0 Å². The number of carbonyl (C=O) groups is 1. The van der Waals surface area contributed by atoms with Crippen LogP contribution in [0.4, 0.5) is 4.39 Å². The molecule has 0 fully saturated rings. The predicted molar refractivity (Wildman–Crippen MR) is 62.4 cm³/mol. The second kappa shape index (κ2) is 4.25. The lowest BCUT2D eigenvalue weighted by molar-refractivity contribution is 0.101. The van der Waals surface area contributed by atoms with Crippen LogP contribution in [0.5, 0.6) is 0 Å². The number of hydrogen-bond acceptors (Lipinski definition) is 3. The molecule has 0 spiro atoms. The van der Waals surface area contributed by atoms with Gasteiger partial charge in [0.2, 0.25) is 0 Å². The summed E-state index contributed by atoms with van der Waals surface area (Å²) in [6.07, 6.45) is 0. The van der Waals surface area contributed by atoms with Gasteiger partial charge in [-0.05, 0) is 19.1 Å². The molecular weight excluding hydrogens is 275 g/mol. The summed E-state index contributed by atoms with van der Waals surface area (Å²) in [7, 11) is 0. The number of nitrogens with zero attached hydrogens (tertiary/aromatic N) is 2. The van der Waals surface area contributed by atoms with Crippen molar-refractivity contribution < 1.29 is 9.18 Å². The van der Waals surface area contributed by atoms with Gasteiger partial charge in [-0.3, -0.25) is 4.79 Å². The normalized spacial score (nSPS) is 10.7. The summed E-state index contributed by atoms with van der Waals surface area (Å²) in [6, 6.07) is 4.54. The minimum Gasteiger partial charge on any atom is -0.291 e. The van der Waals surface area contributed by atoms with E-state index < -0.39 is 5.82 Å². The van der Waals surface area contributed by atoms with Crippen molar-refractivity contribution in [3.05, 3.63) is 35.4 Å². The summed E-state index contributed by atoms with van der Waals surface area (Å²) in [5.41, 5.74) is 1.33. The average molecular weight is 283 g/mol. The van der Waals surface area contributed by atoms with Crippen LogP contribution >= 0.6 is 15.9 Å². The first-order valence-corrected chi connectivity index (χ1v) is 5.77. The highest BCUT2D eigenvalue weighted by molar-refractivity contribution is 9.09. The van der Waals surface area contributed by atoms with Crippen molar-refractivity contribution in [3.63, 3.8) is 0 Å². The first-order chi connectivity index (χ1) is 7.63. The van der Waals surface area contributed by atoms with E-state index in [-0.39, 0.29) is 22.3 Å². The lowest BCUT2D eigenvalue weighted by atomic mass is 10.2. The number of aromatic nitrogens is 2. The smallest absolute Gasteiger partial charge is 0.193 e. The highest BCUT2D eigenvalue weighted by atomic mass is 79.9. The number of ketones is 1. The van der Waals surface area contributed by atoms with Gasteiger partial charge in [0.25, 0.3) is 0 Å². The van der Waals surface area contributed by atoms with Gasteiger partial charge in [-0.1, -0.05) is 22.0 Å². The molecule has 0 aliphatic rings. The maximum Gasteiger partial charge on any atom is 0.193 e. The molecule has 1 heterocycles. The first kappa shape index (κ1) is 11.1. The fourth-order valence-electron chi connectivity index (χ4n) is 1.46. The third-order valence-electron chi connectivity index (χ3n) is 2.21. The topological polar surface area (TPSA) is 42.9 Å². The van der Waals surface area contributed by atoms with Crippen molar-refractivity contribution in [3.8, 4) is 0 Å². The number of rotatable bonds is 2. The number of fused-ring (bicyclic) bond motifs is 1. The molecule has 0 atom stereocenters. The van der Waals surface area contributed by atoms with E-state index in [9.17, 15) is 9.18 Å². The number of halogens is 2. The van der Waals surface area contributed by atoms with Gasteiger partial charge in [0.05, 0.1) is 16.5 Å². The molecule has 2 aromatic rings. The first-order valence-electron chi connectivity index (χ1n) is 4.65. The predicted octanol–water partition coefficient (Wildman–Crippen LogP) is 2.65. The van der Waals surface area contributed by atoms with Gasteiger partial charge in [-0.15, -0.1) is 0 Å². The van der Waals surface area contributed by atoms with Crippen LogP contribution in [0.3, 0.4) is 0 Å². The number of hydrogen-bond donors (Lipinski definition) is 0. The third kappa shape index (κ3) is 1.82. The second-order valence-corrected chi connectivity index (χ2v) is 3.88. The van der Waals surface area contributed by atoms with Crippen LogP contribution in [0.25, 0.3) is 11.0 Å². The zero-order chi connectivity index (χ0) is 11.7. The van der Waals surface area contributed by atoms with E-state index >= 15 is 0 Å². The molecular formula is C11H8BrFN2O. The molecule has 5 heteroatoms. The largest absolute Gasteiger partial charge is 0.291 e. The highest BCUT2D eigenvalue weighted by Gasteiger charge is 2.13. The molecule has 1 aromatic heterocycles. The van der Waals surface area contributed by atoms with Gasteiger partial charge in [0.1, 0.15) is 11.2 Å². The number of alkyl halides is 1. The number of aryl methyl sites for hydroxylation is 1. The summed E-state index contributed by atoms with van der Waals surface area (Å²) in [5, 5.41) is 0.155. The van der Waals surface area contributed by atoms with Crippen LogP contribution in [0.1, 0.15) is 16.2 Å². The molecule has 0 aliphatic heterocycles. The third-order valence-corrected chi connectivity index (χ3v) is 2.71. The Labute approximate surface area is 99.8 Å². The Morgan fingerprint density at radius 3 is 2.88 bits per heavy atom. The van der Waals surface area contributed by atoms with E-state index in [1.54, 1.807) is 19.1 Å². The fraction of sp³-hybridized carbons (Fsp3) is 0.182. The molecule has 0 radical (unpaired) electrons. The minimum atomic E-state index is -0.464. The molecule has 0 bridgehead atoms. The SMILES string of the molecule is Cc1nc2cccc(F)c2nc1C(=O)CBr. The summed E-state index contributed by atoms with van der Waals surface area (Å²) in [5.74, 6) is -0.663. The molecule has 16 heavy (non-hydrogen) atoms. The Morgan fingerprint density at radius 2 is 2.19 bits per heavy atom. The van der Waals surface area contributed by atoms with Gasteiger partial charge in [0, 0.05) is 0 Å². The van der Waals surface area contributed by atoms with Gasteiger partial charge >= 0.3 is 0 Å². The van der Waals surface area contributed by atoms with Crippen molar-refractivity contribution in [1.29, 1.82) is 0 Å². The Balaban J connectivity index is 2.74. The van der Waals surface area contributed by atoms with Crippen LogP contribution < -0.4 is 0 Å². The zero-order valence-corrected chi connectivity index (χ0v) is 10.1. The Bertz CT molecular complexity index is 571. The number of Topliss-reactive ketones (excluding diaryl/α,β-unsaturated/α-hetero) is 1. The van der Waals surface area contributed by atoms with Crippen LogP contribution in [-0.2, 0) is 0 Å². The monoisotopic (exact) mass is 282 g/mol. The molecule has 0 amide bonds. The highest BCUT2D eigenvalue weighted by Crippen LogP contribution is 2.16. The van der Waals surface area contributed by atoms with Gasteiger partial charge in [-0.25, -0.2) is 14.4 Å². The van der Waals surface area contributed by atoms with Crippen molar-refractivity contribution in [1.82, 2.24) is 9.97 Å². The molecule has 0 aliphatic carbocycles. The molecule has 1 aromatic carbocycles. The zero-order valence-electron chi connectivity index (χ0n) is 8.50. The van der Waals surface area contributed by atoms with Crippen LogP contribution in [0.15, 0.2) is 18.2 Å². The molecule has 0 saturated heterocycles. The number of benzene rings is 1. The lowest BCUT2D eigenvalue weighted by Gasteiger charge is -2.04. The Kier molecular flexibility index (Phi) is 2.96. The quantitative estimate of drug-likeness (QED) is 0.628. The fourth-order valence-corrected chi connectivity index (χ4v) is 1.72. The lowest BCUT2D eigenvalue weighted by Crippen LogP contribution is -2.08. The molecule has 3 nitrogen and oxygen atoms in total. The minimum absolute atomic E-state index is 0.136. The van der Waals surface area contributed by atoms with E-state index in [4.69, 9.17) is 0 Å². The second-order valence-electron chi connectivity index (χ2n) is 3.32. The van der Waals surface area contributed by atoms with E-state index in [0.29, 0.717) is 11.2 Å². The van der Waals surface area contributed by atoms with Crippen molar-refractivity contribution in [2.75, 3.05) is 5.33 Å². The molecule has 0 unspecified atom stereocenters. The van der Waals surface area contributed by atoms with Crippen molar-refractivity contribution in [2.45, 2.75) is 6.92 Å². The van der Waals surface area contributed by atoms with Gasteiger partial charge in [0.15, 0.2) is 11.6 Å². The number of carbonyl (C=O) groups excluding carboxylic acids is 1. The molecule has 0 saturated carbocycles. The van der Waals surface area contributed by atoms with Crippen LogP contribution in [-0.4, -0.2) is 21.1 Å². The summed E-state index contributed by atoms with van der Waals surface area (Å²) in [4.78, 5) is 19.7. The average Bonchev–Trinajstić information content (AvgIpc) is 2.28. The maximum absolute atomic E-state index is 13.4. The molecule has 82 valence electrons. The van der Waals surface area contributed by atoms with Crippen molar-refractivity contribution >= 4 is 32.7 Å². The van der Waals surface area contributed by atoms with Gasteiger partial charge < -0.3 is 0 Å². The van der Waals surface area contributed by atoms with Crippen LogP contribution in [0, 0.1) is 12.7 Å². The van der Waals surface area contributed by atoms with E-state index in [2.05, 4.69) is 25.9 Å². The number of para-hydroxylation sites is 1. The summed E-state index contributed by atoms with van der Waals surface area (Å²) < 4.78 is 13.4. The van der Waals surface area contributed by atoms with E-state index in [1.807, 2.05) is 0 Å². The Hall–Kier alpha value is -1.36. The standard InChI is InChI=1S/C11H8BrFN2O/c1-6-10(9(16)5-12)15-11-7(13)3-2-4-8(11)14-6/h2-4H,5H2,1H3. The maximum atomic E-state index is 13.4. The summed E-state index contributed by atoms with van der Waals surface area (Å²) >= 11 is 3.06. The van der Waals surface area contributed by atoms with E-state index in [0.717, 1.165) is 0 Å². The summed E-state index contributed by atoms with van der Waals surface area (Å²) in [6.45, 7) is 1.69. The molecule has 0 N–H and O–H groups in total.